The molecule has 6 nitrogen and oxygen atoms in total. The molecule has 0 aliphatic carbocycles. The number of nitrogens with one attached hydrogen (secondary N) is 3. The van der Waals surface area contributed by atoms with E-state index in [2.05, 4.69) is 34.4 Å². The van der Waals surface area contributed by atoms with Crippen molar-refractivity contribution in [1.29, 1.82) is 0 Å². The molecule has 0 heterocycles. The van der Waals surface area contributed by atoms with Crippen LogP contribution in [0.25, 0.3) is 0 Å². The molecule has 0 radical (unpaired) electrons. The molecule has 0 aromatic heterocycles. The first-order chi connectivity index (χ1) is 14.1. The molecule has 0 saturated carbocycles. The van der Waals surface area contributed by atoms with Crippen molar-refractivity contribution in [2.75, 3.05) is 45.0 Å². The number of sulfonamides is 1. The lowest BCUT2D eigenvalue weighted by Crippen LogP contribution is -2.29. The van der Waals surface area contributed by atoms with E-state index in [-0.39, 0.29) is 5.75 Å². The van der Waals surface area contributed by atoms with E-state index in [0.29, 0.717) is 6.54 Å². The first-order valence-corrected chi connectivity index (χ1v) is 13.5. The second-order valence-corrected chi connectivity index (χ2v) is 9.70. The lowest BCUT2D eigenvalue weighted by molar-refractivity contribution is 0.553. The molecule has 174 valence electrons. The molecular weight excluding hydrogens is 384 g/mol. The van der Waals surface area contributed by atoms with Crippen LogP contribution in [0.5, 0.6) is 0 Å². The van der Waals surface area contributed by atoms with E-state index in [1.165, 1.54) is 44.9 Å². The first-order valence-electron chi connectivity index (χ1n) is 11.9. The van der Waals surface area contributed by atoms with E-state index in [9.17, 15) is 8.42 Å². The molecular formula is C22H48N4O2S. The Balaban J connectivity index is 3.39. The van der Waals surface area contributed by atoms with Crippen LogP contribution in [-0.4, -0.2) is 53.4 Å². The van der Waals surface area contributed by atoms with Gasteiger partial charge in [0, 0.05) is 19.6 Å². The minimum Gasteiger partial charge on any atom is -0.330 e. The van der Waals surface area contributed by atoms with Crippen LogP contribution in [0.4, 0.5) is 0 Å². The minimum absolute atomic E-state index is 0.261. The Bertz CT molecular complexity index is 456. The van der Waals surface area contributed by atoms with Crippen LogP contribution < -0.4 is 21.1 Å². The third kappa shape index (κ3) is 23.7. The first kappa shape index (κ1) is 28.5. The van der Waals surface area contributed by atoms with Crippen LogP contribution in [0.1, 0.15) is 84.0 Å². The SMILES string of the molecule is CCCCCCCCCCCCS(=O)(=O)NCCCNC/C=C/CNCCCN. The molecule has 0 spiro atoms. The summed E-state index contributed by atoms with van der Waals surface area (Å²) in [5.41, 5.74) is 5.43. The predicted octanol–water partition coefficient (Wildman–Crippen LogP) is 3.30. The van der Waals surface area contributed by atoms with Crippen molar-refractivity contribution in [1.82, 2.24) is 15.4 Å². The Morgan fingerprint density at radius 3 is 1.76 bits per heavy atom. The zero-order chi connectivity index (χ0) is 21.5. The molecule has 0 unspecified atom stereocenters. The summed E-state index contributed by atoms with van der Waals surface area (Å²) < 4.78 is 26.7. The van der Waals surface area contributed by atoms with Gasteiger partial charge >= 0.3 is 0 Å². The molecule has 0 aromatic carbocycles. The Kier molecular flexibility index (Phi) is 21.9. The quantitative estimate of drug-likeness (QED) is 0.147. The second-order valence-electron chi connectivity index (χ2n) is 7.77. The summed E-state index contributed by atoms with van der Waals surface area (Å²) in [5, 5.41) is 6.57. The van der Waals surface area contributed by atoms with Crippen molar-refractivity contribution in [3.05, 3.63) is 12.2 Å². The van der Waals surface area contributed by atoms with Crippen molar-refractivity contribution >= 4 is 10.0 Å². The highest BCUT2D eigenvalue weighted by molar-refractivity contribution is 7.89. The number of hydrogen-bond donors (Lipinski definition) is 4. The van der Waals surface area contributed by atoms with Crippen molar-refractivity contribution < 1.29 is 8.42 Å². The van der Waals surface area contributed by atoms with Gasteiger partial charge in [0.1, 0.15) is 0 Å². The van der Waals surface area contributed by atoms with Crippen LogP contribution in [-0.2, 0) is 10.0 Å². The summed E-state index contributed by atoms with van der Waals surface area (Å²) in [6, 6.07) is 0. The number of unbranched alkanes of at least 4 members (excludes halogenated alkanes) is 9. The van der Waals surface area contributed by atoms with Crippen LogP contribution in [0.3, 0.4) is 0 Å². The summed E-state index contributed by atoms with van der Waals surface area (Å²) in [6.07, 6.45) is 18.2. The van der Waals surface area contributed by atoms with Gasteiger partial charge in [0.15, 0.2) is 0 Å². The van der Waals surface area contributed by atoms with Crippen LogP contribution in [0.15, 0.2) is 12.2 Å². The normalized spacial score (nSPS) is 12.2. The predicted molar refractivity (Wildman–Crippen MR) is 127 cm³/mol. The third-order valence-corrected chi connectivity index (χ3v) is 6.34. The molecule has 0 rings (SSSR count). The lowest BCUT2D eigenvalue weighted by Gasteiger charge is -2.07. The summed E-state index contributed by atoms with van der Waals surface area (Å²) in [4.78, 5) is 0. The van der Waals surface area contributed by atoms with Gasteiger partial charge in [0.05, 0.1) is 5.75 Å². The fraction of sp³-hybridized carbons (Fsp3) is 0.909. The summed E-state index contributed by atoms with van der Waals surface area (Å²) in [6.45, 7) is 6.91. The van der Waals surface area contributed by atoms with Gasteiger partial charge in [-0.05, 0) is 38.9 Å². The topological polar surface area (TPSA) is 96.2 Å². The molecule has 0 aliphatic heterocycles. The van der Waals surface area contributed by atoms with Gasteiger partial charge in [0.25, 0.3) is 0 Å². The Morgan fingerprint density at radius 2 is 1.21 bits per heavy atom. The average molecular weight is 433 g/mol. The van der Waals surface area contributed by atoms with Crippen molar-refractivity contribution in [2.24, 2.45) is 5.73 Å². The highest BCUT2D eigenvalue weighted by Gasteiger charge is 2.08. The van der Waals surface area contributed by atoms with E-state index in [4.69, 9.17) is 5.73 Å². The van der Waals surface area contributed by atoms with Crippen molar-refractivity contribution in [2.45, 2.75) is 84.0 Å². The molecule has 5 N–H and O–H groups in total. The van der Waals surface area contributed by atoms with Gasteiger partial charge in [-0.3, -0.25) is 0 Å². The Labute approximate surface area is 180 Å². The lowest BCUT2D eigenvalue weighted by atomic mass is 10.1. The van der Waals surface area contributed by atoms with Crippen molar-refractivity contribution in [3.8, 4) is 0 Å². The van der Waals surface area contributed by atoms with Gasteiger partial charge in [-0.2, -0.15) is 0 Å². The van der Waals surface area contributed by atoms with Crippen LogP contribution in [0, 0.1) is 0 Å². The summed E-state index contributed by atoms with van der Waals surface area (Å²) in [5.74, 6) is 0.261. The Morgan fingerprint density at radius 1 is 0.690 bits per heavy atom. The summed E-state index contributed by atoms with van der Waals surface area (Å²) >= 11 is 0. The third-order valence-electron chi connectivity index (χ3n) is 4.87. The van der Waals surface area contributed by atoms with Gasteiger partial charge in [-0.1, -0.05) is 76.9 Å². The number of hydrogen-bond acceptors (Lipinski definition) is 5. The van der Waals surface area contributed by atoms with Gasteiger partial charge in [-0.15, -0.1) is 0 Å². The molecule has 0 amide bonds. The van der Waals surface area contributed by atoms with E-state index < -0.39 is 10.0 Å². The zero-order valence-corrected chi connectivity index (χ0v) is 19.7. The average Bonchev–Trinajstić information content (AvgIpc) is 2.70. The second kappa shape index (κ2) is 22.2. The molecule has 0 saturated heterocycles. The maximum atomic E-state index is 12.0. The fourth-order valence-corrected chi connectivity index (χ4v) is 4.24. The number of nitrogens with two attached hydrogens (primary N) is 1. The molecule has 0 aromatic rings. The van der Waals surface area contributed by atoms with Crippen LogP contribution >= 0.6 is 0 Å². The molecule has 0 bridgehead atoms. The van der Waals surface area contributed by atoms with E-state index in [1.807, 2.05) is 0 Å². The molecule has 0 fully saturated rings. The molecule has 0 atom stereocenters. The minimum atomic E-state index is -3.11. The van der Waals surface area contributed by atoms with E-state index >= 15 is 0 Å². The smallest absolute Gasteiger partial charge is 0.211 e. The van der Waals surface area contributed by atoms with Gasteiger partial charge in [0.2, 0.25) is 10.0 Å². The standard InChI is InChI=1S/C22H48N4O2S/c1-2-3-4-5-6-7-8-9-10-13-22-29(27,28)26-21-15-20-25-18-12-11-17-24-19-14-16-23/h11-12,24-26H,2-10,13-23H2,1H3/b12-11+. The molecule has 29 heavy (non-hydrogen) atoms. The van der Waals surface area contributed by atoms with Crippen LogP contribution in [0.2, 0.25) is 0 Å². The monoisotopic (exact) mass is 432 g/mol. The summed E-state index contributed by atoms with van der Waals surface area (Å²) in [7, 11) is -3.11. The zero-order valence-electron chi connectivity index (χ0n) is 18.9. The highest BCUT2D eigenvalue weighted by atomic mass is 32.2. The Hall–Kier alpha value is -0.470. The van der Waals surface area contributed by atoms with Crippen molar-refractivity contribution in [3.63, 3.8) is 0 Å². The maximum Gasteiger partial charge on any atom is 0.211 e. The van der Waals surface area contributed by atoms with Gasteiger partial charge < -0.3 is 16.4 Å². The highest BCUT2D eigenvalue weighted by Crippen LogP contribution is 2.10. The maximum absolute atomic E-state index is 12.0. The molecule has 7 heteroatoms. The van der Waals surface area contributed by atoms with E-state index in [0.717, 1.165) is 64.8 Å². The van der Waals surface area contributed by atoms with E-state index in [1.54, 1.807) is 0 Å². The fourth-order valence-electron chi connectivity index (χ4n) is 3.06. The molecule has 0 aliphatic rings. The number of rotatable bonds is 23. The largest absolute Gasteiger partial charge is 0.330 e. The van der Waals surface area contributed by atoms with Gasteiger partial charge in [-0.25, -0.2) is 13.1 Å².